The lowest BCUT2D eigenvalue weighted by Crippen LogP contribution is -2.41. The summed E-state index contributed by atoms with van der Waals surface area (Å²) in [4.78, 5) is 19.4. The van der Waals surface area contributed by atoms with Gasteiger partial charge in [0.15, 0.2) is 6.61 Å². The Bertz CT molecular complexity index is 958. The number of rotatable bonds is 8. The predicted octanol–water partition coefficient (Wildman–Crippen LogP) is 5.23. The molecule has 2 aromatic rings. The van der Waals surface area contributed by atoms with Crippen molar-refractivity contribution in [2.75, 3.05) is 19.7 Å². The number of ether oxygens (including phenoxy) is 1. The molecular weight excluding hydrogens is 433 g/mol. The predicted molar refractivity (Wildman–Crippen MR) is 118 cm³/mol. The number of hydrogen-bond acceptors (Lipinski definition) is 4. The van der Waals surface area contributed by atoms with Gasteiger partial charge in [0.05, 0.1) is 5.56 Å². The zero-order valence-corrected chi connectivity index (χ0v) is 18.3. The van der Waals surface area contributed by atoms with Crippen LogP contribution in [0.5, 0.6) is 5.75 Å². The van der Waals surface area contributed by atoms with Gasteiger partial charge < -0.3 is 14.5 Å². The number of carbonyl (C=O) groups excluding carboxylic acids is 1. The van der Waals surface area contributed by atoms with Gasteiger partial charge in [0.25, 0.3) is 5.91 Å². The van der Waals surface area contributed by atoms with Crippen molar-refractivity contribution in [2.24, 2.45) is 10.6 Å². The lowest BCUT2D eigenvalue weighted by molar-refractivity contribution is -0.137. The van der Waals surface area contributed by atoms with E-state index >= 15 is 0 Å². The van der Waals surface area contributed by atoms with E-state index in [1.807, 2.05) is 29.2 Å². The Kier molecular flexibility index (Phi) is 6.91. The summed E-state index contributed by atoms with van der Waals surface area (Å²) < 4.78 is 43.3. The number of hydrogen-bond donors (Lipinski definition) is 0. The van der Waals surface area contributed by atoms with Crippen LogP contribution in [0.25, 0.3) is 0 Å². The number of nitrogens with zero attached hydrogens (tertiary/aromatic N) is 2. The van der Waals surface area contributed by atoms with Gasteiger partial charge in [-0.25, -0.2) is 0 Å². The van der Waals surface area contributed by atoms with Gasteiger partial charge in [-0.15, -0.1) is 0 Å². The summed E-state index contributed by atoms with van der Waals surface area (Å²) in [6.45, 7) is 1.81. The van der Waals surface area contributed by atoms with E-state index in [-0.39, 0.29) is 19.1 Å². The van der Waals surface area contributed by atoms with Crippen molar-refractivity contribution < 1.29 is 27.5 Å². The molecule has 1 amide bonds. The number of carbonyl (C=O) groups is 1. The van der Waals surface area contributed by atoms with E-state index in [9.17, 15) is 18.0 Å². The molecule has 0 radical (unpaired) electrons. The van der Waals surface area contributed by atoms with Crippen LogP contribution < -0.4 is 4.74 Å². The largest absolute Gasteiger partial charge is 0.484 e. The molecule has 1 saturated carbocycles. The molecule has 8 heteroatoms. The molecule has 1 spiro atoms. The van der Waals surface area contributed by atoms with Gasteiger partial charge in [-0.05, 0) is 66.5 Å². The average Bonchev–Trinajstić information content (AvgIpc) is 3.57. The Balaban J connectivity index is 1.14. The van der Waals surface area contributed by atoms with Gasteiger partial charge >= 0.3 is 6.18 Å². The molecule has 2 aliphatic rings. The van der Waals surface area contributed by atoms with Crippen LogP contribution in [-0.2, 0) is 28.8 Å². The summed E-state index contributed by atoms with van der Waals surface area (Å²) in [5, 5.41) is 3.85. The highest BCUT2D eigenvalue weighted by Crippen LogP contribution is 2.53. The number of oxime groups is 1. The summed E-state index contributed by atoms with van der Waals surface area (Å²) >= 11 is 0. The lowest BCUT2D eigenvalue weighted by Gasteiger charge is -2.32. The van der Waals surface area contributed by atoms with E-state index in [1.54, 1.807) is 6.21 Å². The van der Waals surface area contributed by atoms with Crippen LogP contribution in [0.1, 0.15) is 42.4 Å². The van der Waals surface area contributed by atoms with Crippen molar-refractivity contribution >= 4 is 12.1 Å². The fourth-order valence-electron chi connectivity index (χ4n) is 3.96. The first kappa shape index (κ1) is 23.1. The number of piperidine rings is 1. The second kappa shape index (κ2) is 9.85. The van der Waals surface area contributed by atoms with Crippen molar-refractivity contribution in [1.82, 2.24) is 4.90 Å². The third kappa shape index (κ3) is 6.49. The molecule has 1 aliphatic carbocycles. The van der Waals surface area contributed by atoms with E-state index in [4.69, 9.17) is 9.57 Å². The van der Waals surface area contributed by atoms with Crippen LogP contribution >= 0.6 is 0 Å². The molecule has 1 heterocycles. The number of likely N-dealkylation sites (tertiary alicyclic amines) is 1. The van der Waals surface area contributed by atoms with Crippen LogP contribution in [-0.4, -0.2) is 36.7 Å². The summed E-state index contributed by atoms with van der Waals surface area (Å²) in [6, 6.07) is 12.2. The van der Waals surface area contributed by atoms with Crippen LogP contribution in [0.15, 0.2) is 53.7 Å². The second-order valence-electron chi connectivity index (χ2n) is 8.77. The van der Waals surface area contributed by atoms with Gasteiger partial charge in [0, 0.05) is 25.7 Å². The van der Waals surface area contributed by atoms with E-state index in [0.717, 1.165) is 43.6 Å². The Morgan fingerprint density at radius 1 is 0.970 bits per heavy atom. The number of amides is 1. The van der Waals surface area contributed by atoms with Crippen molar-refractivity contribution in [2.45, 2.75) is 44.9 Å². The van der Waals surface area contributed by atoms with Gasteiger partial charge in [0.2, 0.25) is 0 Å². The number of benzene rings is 2. The number of halogens is 3. The Hall–Kier alpha value is -3.03. The fourth-order valence-corrected chi connectivity index (χ4v) is 3.96. The molecule has 0 N–H and O–H groups in total. The Morgan fingerprint density at radius 2 is 1.61 bits per heavy atom. The van der Waals surface area contributed by atoms with Crippen molar-refractivity contribution in [3.05, 3.63) is 65.2 Å². The van der Waals surface area contributed by atoms with Crippen molar-refractivity contribution in [1.29, 1.82) is 0 Å². The molecule has 0 aromatic heterocycles. The highest BCUT2D eigenvalue weighted by atomic mass is 19.4. The first-order valence-corrected chi connectivity index (χ1v) is 11.1. The Labute approximate surface area is 191 Å². The standard InChI is InChI=1S/C25H27F3N2O3/c26-25(27,28)21-5-1-20(2-6-21)17-33-29-14-9-19-3-7-22(8-4-19)32-18-23(31)30-15-12-24(10-11-24)13-16-30/h1-8,14H,9-13,15-18H2. The molecule has 2 aromatic carbocycles. The lowest BCUT2D eigenvalue weighted by atomic mass is 9.94. The molecule has 0 unspecified atom stereocenters. The Morgan fingerprint density at radius 3 is 2.21 bits per heavy atom. The molecule has 33 heavy (non-hydrogen) atoms. The minimum atomic E-state index is -4.35. The minimum Gasteiger partial charge on any atom is -0.484 e. The first-order valence-electron chi connectivity index (χ1n) is 11.1. The monoisotopic (exact) mass is 460 g/mol. The molecule has 176 valence electrons. The maximum atomic E-state index is 12.6. The van der Waals surface area contributed by atoms with E-state index < -0.39 is 11.7 Å². The smallest absolute Gasteiger partial charge is 0.416 e. The maximum absolute atomic E-state index is 12.6. The minimum absolute atomic E-state index is 0.0342. The molecule has 1 saturated heterocycles. The zero-order valence-electron chi connectivity index (χ0n) is 18.3. The van der Waals surface area contributed by atoms with Gasteiger partial charge in [-0.3, -0.25) is 4.79 Å². The third-order valence-corrected chi connectivity index (χ3v) is 6.41. The topological polar surface area (TPSA) is 51.1 Å². The second-order valence-corrected chi connectivity index (χ2v) is 8.77. The molecule has 5 nitrogen and oxygen atoms in total. The average molecular weight is 460 g/mol. The quantitative estimate of drug-likeness (QED) is 0.400. The SMILES string of the molecule is O=C(COc1ccc(CC=NOCc2ccc(C(F)(F)F)cc2)cc1)N1CCC2(CC1)CC2. The zero-order chi connectivity index (χ0) is 23.3. The first-order chi connectivity index (χ1) is 15.8. The number of alkyl halides is 3. The van der Waals surface area contributed by atoms with Gasteiger partial charge in [-0.1, -0.05) is 29.4 Å². The molecule has 0 atom stereocenters. The highest BCUT2D eigenvalue weighted by Gasteiger charge is 2.45. The highest BCUT2D eigenvalue weighted by molar-refractivity contribution is 5.77. The van der Waals surface area contributed by atoms with Gasteiger partial charge in [0.1, 0.15) is 12.4 Å². The summed E-state index contributed by atoms with van der Waals surface area (Å²) in [5.41, 5.74) is 1.45. The molecule has 4 rings (SSSR count). The van der Waals surface area contributed by atoms with Crippen molar-refractivity contribution in [3.63, 3.8) is 0 Å². The molecule has 2 fully saturated rings. The molecular formula is C25H27F3N2O3. The van der Waals surface area contributed by atoms with Crippen LogP contribution in [0.4, 0.5) is 13.2 Å². The van der Waals surface area contributed by atoms with Crippen molar-refractivity contribution in [3.8, 4) is 5.75 Å². The van der Waals surface area contributed by atoms with E-state index in [2.05, 4.69) is 5.16 Å². The summed E-state index contributed by atoms with van der Waals surface area (Å²) in [7, 11) is 0. The maximum Gasteiger partial charge on any atom is 0.416 e. The van der Waals surface area contributed by atoms with Gasteiger partial charge in [-0.2, -0.15) is 13.2 Å². The van der Waals surface area contributed by atoms with Crippen LogP contribution in [0.2, 0.25) is 0 Å². The fraction of sp³-hybridized carbons (Fsp3) is 0.440. The summed E-state index contributed by atoms with van der Waals surface area (Å²) in [6.07, 6.45) is 2.63. The summed E-state index contributed by atoms with van der Waals surface area (Å²) in [5.74, 6) is 0.671. The third-order valence-electron chi connectivity index (χ3n) is 6.41. The van der Waals surface area contributed by atoms with Crippen LogP contribution in [0, 0.1) is 5.41 Å². The van der Waals surface area contributed by atoms with Crippen LogP contribution in [0.3, 0.4) is 0 Å². The molecule has 1 aliphatic heterocycles. The van der Waals surface area contributed by atoms with E-state index in [0.29, 0.717) is 23.1 Å². The molecule has 0 bridgehead atoms. The van der Waals surface area contributed by atoms with E-state index in [1.165, 1.54) is 25.0 Å². The normalized spacial score (nSPS) is 17.4.